The van der Waals surface area contributed by atoms with Crippen LogP contribution in [0.3, 0.4) is 0 Å². The summed E-state index contributed by atoms with van der Waals surface area (Å²) in [6, 6.07) is 11.9. The zero-order chi connectivity index (χ0) is 19.6. The van der Waals surface area contributed by atoms with Crippen molar-refractivity contribution in [3.63, 3.8) is 0 Å². The molecule has 0 aliphatic rings. The van der Waals surface area contributed by atoms with Crippen molar-refractivity contribution in [2.24, 2.45) is 0 Å². The molecule has 0 atom stereocenters. The number of halogens is 1. The van der Waals surface area contributed by atoms with Gasteiger partial charge in [-0.05, 0) is 48.9 Å². The summed E-state index contributed by atoms with van der Waals surface area (Å²) in [4.78, 5) is 34.3. The molecule has 0 saturated heterocycles. The van der Waals surface area contributed by atoms with E-state index in [4.69, 9.17) is 9.47 Å². The number of carbonyl (C=O) groups excluding carboxylic acids is 3. The molecule has 0 fully saturated rings. The molecular weight excluding hydrogens is 414 g/mol. The minimum atomic E-state index is -0.408. The number of carbonyl (C=O) groups is 3. The Morgan fingerprint density at radius 2 is 1.89 bits per heavy atom. The first-order valence-corrected chi connectivity index (χ1v) is 8.93. The van der Waals surface area contributed by atoms with Crippen LogP contribution in [0, 0.1) is 0 Å². The van der Waals surface area contributed by atoms with Crippen LogP contribution >= 0.6 is 15.9 Å². The molecule has 0 aliphatic heterocycles. The number of esters is 1. The zero-order valence-corrected chi connectivity index (χ0v) is 16.2. The topological polar surface area (TPSA) is 81.7 Å². The van der Waals surface area contributed by atoms with E-state index in [-0.39, 0.29) is 12.5 Å². The molecule has 0 aromatic heterocycles. The molecule has 0 radical (unpaired) electrons. The highest BCUT2D eigenvalue weighted by Crippen LogP contribution is 2.21. The number of benzene rings is 2. The maximum absolute atomic E-state index is 12.0. The molecule has 27 heavy (non-hydrogen) atoms. The van der Waals surface area contributed by atoms with Gasteiger partial charge in [0.25, 0.3) is 5.91 Å². The van der Waals surface area contributed by atoms with Crippen LogP contribution < -0.4 is 10.1 Å². The summed E-state index contributed by atoms with van der Waals surface area (Å²) < 4.78 is 11.0. The molecular formula is C20H18BrNO5. The molecule has 0 aliphatic carbocycles. The molecule has 2 aromatic rings. The number of rotatable bonds is 8. The second-order valence-electron chi connectivity index (χ2n) is 5.34. The number of aldehydes is 1. The molecule has 2 aromatic carbocycles. The van der Waals surface area contributed by atoms with Crippen molar-refractivity contribution in [2.45, 2.75) is 6.92 Å². The van der Waals surface area contributed by atoms with Gasteiger partial charge in [-0.25, -0.2) is 4.79 Å². The fraction of sp³-hybridized carbons (Fsp3) is 0.150. The summed E-state index contributed by atoms with van der Waals surface area (Å²) in [5.41, 5.74) is 1.74. The van der Waals surface area contributed by atoms with Crippen molar-refractivity contribution in [2.75, 3.05) is 18.5 Å². The molecule has 0 spiro atoms. The van der Waals surface area contributed by atoms with Crippen LogP contribution in [-0.2, 0) is 14.3 Å². The number of hydrogen-bond acceptors (Lipinski definition) is 5. The van der Waals surface area contributed by atoms with E-state index < -0.39 is 5.97 Å². The van der Waals surface area contributed by atoms with E-state index in [0.29, 0.717) is 29.9 Å². The number of anilines is 1. The van der Waals surface area contributed by atoms with Crippen LogP contribution in [0.5, 0.6) is 5.75 Å². The second-order valence-corrected chi connectivity index (χ2v) is 6.26. The summed E-state index contributed by atoms with van der Waals surface area (Å²) in [6.07, 6.45) is 3.63. The SMILES string of the molecule is CCOC(=O)/C=C/c1ccc(NC(=O)COc2ccc(Br)cc2C=O)cc1. The lowest BCUT2D eigenvalue weighted by Gasteiger charge is -2.09. The predicted octanol–water partition coefficient (Wildman–Crippen LogP) is 3.86. The fourth-order valence-corrected chi connectivity index (χ4v) is 2.49. The van der Waals surface area contributed by atoms with Crippen molar-refractivity contribution in [1.82, 2.24) is 0 Å². The van der Waals surface area contributed by atoms with Gasteiger partial charge in [0.2, 0.25) is 0 Å². The number of ether oxygens (including phenoxy) is 2. The van der Waals surface area contributed by atoms with Crippen molar-refractivity contribution < 1.29 is 23.9 Å². The van der Waals surface area contributed by atoms with Crippen molar-refractivity contribution in [1.29, 1.82) is 0 Å². The Balaban J connectivity index is 1.89. The van der Waals surface area contributed by atoms with Crippen LogP contribution in [0.2, 0.25) is 0 Å². The van der Waals surface area contributed by atoms with Gasteiger partial charge >= 0.3 is 5.97 Å². The number of hydrogen-bond donors (Lipinski definition) is 1. The lowest BCUT2D eigenvalue weighted by Crippen LogP contribution is -2.20. The van der Waals surface area contributed by atoms with E-state index in [1.807, 2.05) is 0 Å². The Kier molecular flexibility index (Phi) is 7.76. The van der Waals surface area contributed by atoms with Gasteiger partial charge < -0.3 is 14.8 Å². The Hall–Kier alpha value is -2.93. The van der Waals surface area contributed by atoms with Gasteiger partial charge in [-0.2, -0.15) is 0 Å². The second kappa shape index (κ2) is 10.3. The van der Waals surface area contributed by atoms with E-state index in [9.17, 15) is 14.4 Å². The van der Waals surface area contributed by atoms with E-state index in [2.05, 4.69) is 21.2 Å². The van der Waals surface area contributed by atoms with E-state index >= 15 is 0 Å². The molecule has 6 nitrogen and oxygen atoms in total. The van der Waals surface area contributed by atoms with Gasteiger partial charge in [-0.15, -0.1) is 0 Å². The molecule has 0 saturated carbocycles. The molecule has 2 rings (SSSR count). The molecule has 1 amide bonds. The van der Waals surface area contributed by atoms with Crippen molar-refractivity contribution in [3.8, 4) is 5.75 Å². The molecule has 140 valence electrons. The maximum Gasteiger partial charge on any atom is 0.330 e. The van der Waals surface area contributed by atoms with Gasteiger partial charge in [0.1, 0.15) is 5.75 Å². The van der Waals surface area contributed by atoms with Crippen LogP contribution in [0.25, 0.3) is 6.08 Å². The van der Waals surface area contributed by atoms with Crippen molar-refractivity contribution >= 4 is 45.9 Å². The van der Waals surface area contributed by atoms with Crippen LogP contribution in [0.1, 0.15) is 22.8 Å². The number of nitrogens with one attached hydrogen (secondary N) is 1. The van der Waals surface area contributed by atoms with Gasteiger partial charge in [0.05, 0.1) is 12.2 Å². The van der Waals surface area contributed by atoms with E-state index in [1.54, 1.807) is 55.5 Å². The Morgan fingerprint density at radius 3 is 2.56 bits per heavy atom. The van der Waals surface area contributed by atoms with E-state index in [1.165, 1.54) is 6.08 Å². The summed E-state index contributed by atoms with van der Waals surface area (Å²) in [5, 5.41) is 2.70. The fourth-order valence-electron chi connectivity index (χ4n) is 2.12. The minimum Gasteiger partial charge on any atom is -0.483 e. The van der Waals surface area contributed by atoms with Crippen molar-refractivity contribution in [3.05, 3.63) is 64.1 Å². The average molecular weight is 432 g/mol. The Bertz CT molecular complexity index is 846. The standard InChI is InChI=1S/C20H18BrNO5/c1-2-26-20(25)10-5-14-3-7-17(8-4-14)22-19(24)13-27-18-9-6-16(21)11-15(18)12-23/h3-12H,2,13H2,1H3,(H,22,24)/b10-5+. The monoisotopic (exact) mass is 431 g/mol. The molecule has 0 bridgehead atoms. The van der Waals surface area contributed by atoms with Gasteiger partial charge in [-0.3, -0.25) is 9.59 Å². The number of amides is 1. The lowest BCUT2D eigenvalue weighted by molar-refractivity contribution is -0.137. The third kappa shape index (κ3) is 6.71. The maximum atomic E-state index is 12.0. The predicted molar refractivity (Wildman–Crippen MR) is 106 cm³/mol. The van der Waals surface area contributed by atoms with Crippen LogP contribution in [0.4, 0.5) is 5.69 Å². The molecule has 7 heteroatoms. The van der Waals surface area contributed by atoms with Crippen LogP contribution in [-0.4, -0.2) is 31.4 Å². The quantitative estimate of drug-likeness (QED) is 0.389. The van der Waals surface area contributed by atoms with Gasteiger partial charge in [-0.1, -0.05) is 28.1 Å². The first kappa shape index (κ1) is 20.4. The Morgan fingerprint density at radius 1 is 1.15 bits per heavy atom. The average Bonchev–Trinajstić information content (AvgIpc) is 2.66. The van der Waals surface area contributed by atoms with Gasteiger partial charge in [0, 0.05) is 16.2 Å². The van der Waals surface area contributed by atoms with Crippen LogP contribution in [0.15, 0.2) is 53.0 Å². The highest BCUT2D eigenvalue weighted by Gasteiger charge is 2.08. The third-order valence-electron chi connectivity index (χ3n) is 3.35. The normalized spacial score (nSPS) is 10.4. The third-order valence-corrected chi connectivity index (χ3v) is 3.84. The first-order chi connectivity index (χ1) is 13.0. The van der Waals surface area contributed by atoms with E-state index in [0.717, 1.165) is 10.0 Å². The lowest BCUT2D eigenvalue weighted by atomic mass is 10.2. The summed E-state index contributed by atoms with van der Waals surface area (Å²) >= 11 is 3.27. The Labute approximate surface area is 165 Å². The zero-order valence-electron chi connectivity index (χ0n) is 14.6. The summed E-state index contributed by atoms with van der Waals surface area (Å²) in [7, 11) is 0. The molecule has 1 N–H and O–H groups in total. The largest absolute Gasteiger partial charge is 0.483 e. The summed E-state index contributed by atoms with van der Waals surface area (Å²) in [5.74, 6) is -0.429. The molecule has 0 heterocycles. The first-order valence-electron chi connectivity index (χ1n) is 8.14. The smallest absolute Gasteiger partial charge is 0.330 e. The highest BCUT2D eigenvalue weighted by molar-refractivity contribution is 9.10. The molecule has 0 unspecified atom stereocenters. The minimum absolute atomic E-state index is 0.229. The summed E-state index contributed by atoms with van der Waals surface area (Å²) in [6.45, 7) is 1.83. The highest BCUT2D eigenvalue weighted by atomic mass is 79.9. The van der Waals surface area contributed by atoms with Gasteiger partial charge in [0.15, 0.2) is 12.9 Å².